The second-order valence-corrected chi connectivity index (χ2v) is 8.62. The highest BCUT2D eigenvalue weighted by molar-refractivity contribution is 7.99. The third-order valence-corrected chi connectivity index (χ3v) is 6.05. The van der Waals surface area contributed by atoms with Crippen LogP contribution in [-0.2, 0) is 11.3 Å². The van der Waals surface area contributed by atoms with E-state index in [-0.39, 0.29) is 17.5 Å². The van der Waals surface area contributed by atoms with E-state index in [1.807, 2.05) is 23.6 Å². The monoisotopic (exact) mass is 452 g/mol. The van der Waals surface area contributed by atoms with E-state index < -0.39 is 0 Å². The quantitative estimate of drug-likeness (QED) is 0.404. The van der Waals surface area contributed by atoms with Crippen LogP contribution in [0.3, 0.4) is 0 Å². The molecule has 0 unspecified atom stereocenters. The Morgan fingerprint density at radius 3 is 2.78 bits per heavy atom. The number of thioether (sulfide) groups is 1. The second-order valence-electron chi connectivity index (χ2n) is 7.68. The number of benzene rings is 1. The molecule has 1 fully saturated rings. The van der Waals surface area contributed by atoms with Gasteiger partial charge in [0.05, 0.1) is 29.9 Å². The molecule has 1 aliphatic rings. The predicted molar refractivity (Wildman–Crippen MR) is 117 cm³/mol. The van der Waals surface area contributed by atoms with Crippen molar-refractivity contribution in [1.82, 2.24) is 24.5 Å². The van der Waals surface area contributed by atoms with Crippen molar-refractivity contribution in [3.8, 4) is 5.69 Å². The minimum Gasteiger partial charge on any atom is -0.467 e. The SMILES string of the molecule is Cc1cc(NC(=O)CSc2nnc(C3CC3)n2Cc2ccco2)n(-c2ccc(F)cc2)n1. The van der Waals surface area contributed by atoms with Gasteiger partial charge in [0.1, 0.15) is 23.2 Å². The summed E-state index contributed by atoms with van der Waals surface area (Å²) >= 11 is 1.33. The van der Waals surface area contributed by atoms with Crippen LogP contribution in [0.5, 0.6) is 0 Å². The Morgan fingerprint density at radius 1 is 1.25 bits per heavy atom. The van der Waals surface area contributed by atoms with Crippen LogP contribution in [0.25, 0.3) is 5.69 Å². The van der Waals surface area contributed by atoms with Crippen molar-refractivity contribution in [1.29, 1.82) is 0 Å². The number of anilines is 1. The van der Waals surface area contributed by atoms with E-state index in [0.717, 1.165) is 30.1 Å². The minimum absolute atomic E-state index is 0.161. The highest BCUT2D eigenvalue weighted by atomic mass is 32.2. The van der Waals surface area contributed by atoms with E-state index in [0.29, 0.717) is 29.1 Å². The number of halogens is 1. The predicted octanol–water partition coefficient (Wildman–Crippen LogP) is 4.16. The maximum absolute atomic E-state index is 13.3. The topological polar surface area (TPSA) is 90.8 Å². The molecule has 0 spiro atoms. The molecular weight excluding hydrogens is 431 g/mol. The fourth-order valence-electron chi connectivity index (χ4n) is 3.43. The summed E-state index contributed by atoms with van der Waals surface area (Å²) < 4.78 is 22.4. The lowest BCUT2D eigenvalue weighted by Crippen LogP contribution is -2.17. The first-order chi connectivity index (χ1) is 15.6. The molecule has 10 heteroatoms. The van der Waals surface area contributed by atoms with Gasteiger partial charge in [-0.05, 0) is 56.2 Å². The van der Waals surface area contributed by atoms with Gasteiger partial charge in [-0.15, -0.1) is 10.2 Å². The largest absolute Gasteiger partial charge is 0.467 e. The highest BCUT2D eigenvalue weighted by Crippen LogP contribution is 2.40. The van der Waals surface area contributed by atoms with Crippen LogP contribution in [-0.4, -0.2) is 36.2 Å². The van der Waals surface area contributed by atoms with E-state index in [9.17, 15) is 9.18 Å². The lowest BCUT2D eigenvalue weighted by molar-refractivity contribution is -0.113. The maximum Gasteiger partial charge on any atom is 0.236 e. The molecule has 0 aliphatic heterocycles. The Hall–Kier alpha value is -3.40. The molecule has 1 amide bonds. The standard InChI is InChI=1S/C22H21FN6O2S/c1-14-11-19(29(27-14)17-8-6-16(23)7-9-17)24-20(30)13-32-22-26-25-21(15-4-5-15)28(22)12-18-3-2-10-31-18/h2-3,6-11,15H,4-5,12-13H2,1H3,(H,24,30). The molecule has 0 bridgehead atoms. The number of hydrogen-bond donors (Lipinski definition) is 1. The van der Waals surface area contributed by atoms with E-state index in [1.54, 1.807) is 29.1 Å². The van der Waals surface area contributed by atoms with Crippen molar-refractivity contribution in [3.63, 3.8) is 0 Å². The Labute approximate surface area is 187 Å². The molecule has 3 aromatic heterocycles. The number of amides is 1. The molecule has 1 saturated carbocycles. The fraction of sp³-hybridized carbons (Fsp3) is 0.273. The van der Waals surface area contributed by atoms with Gasteiger partial charge in [0.15, 0.2) is 5.16 Å². The molecule has 0 radical (unpaired) electrons. The molecule has 3 heterocycles. The molecule has 1 aliphatic carbocycles. The van der Waals surface area contributed by atoms with Crippen molar-refractivity contribution in [2.75, 3.05) is 11.1 Å². The molecule has 0 saturated heterocycles. The van der Waals surface area contributed by atoms with Gasteiger partial charge in [-0.3, -0.25) is 9.36 Å². The Morgan fingerprint density at radius 2 is 2.06 bits per heavy atom. The normalized spacial score (nSPS) is 13.4. The molecule has 1 N–H and O–H groups in total. The van der Waals surface area contributed by atoms with Gasteiger partial charge in [-0.2, -0.15) is 5.10 Å². The zero-order chi connectivity index (χ0) is 22.1. The summed E-state index contributed by atoms with van der Waals surface area (Å²) in [6, 6.07) is 11.5. The maximum atomic E-state index is 13.3. The van der Waals surface area contributed by atoms with Crippen molar-refractivity contribution in [3.05, 3.63) is 71.8 Å². The lowest BCUT2D eigenvalue weighted by Gasteiger charge is -2.10. The zero-order valence-electron chi connectivity index (χ0n) is 17.4. The molecule has 0 atom stereocenters. The van der Waals surface area contributed by atoms with E-state index >= 15 is 0 Å². The van der Waals surface area contributed by atoms with Crippen LogP contribution in [0.15, 0.2) is 58.3 Å². The molecule has 5 rings (SSSR count). The number of carbonyl (C=O) groups excluding carboxylic acids is 1. The van der Waals surface area contributed by atoms with Crippen LogP contribution in [0.1, 0.15) is 36.0 Å². The van der Waals surface area contributed by atoms with Crippen LogP contribution in [0, 0.1) is 12.7 Å². The third kappa shape index (κ3) is 4.45. The number of aryl methyl sites for hydroxylation is 1. The molecule has 4 aromatic rings. The summed E-state index contributed by atoms with van der Waals surface area (Å²) in [7, 11) is 0. The number of carbonyl (C=O) groups is 1. The summed E-state index contributed by atoms with van der Waals surface area (Å²) in [4.78, 5) is 12.7. The van der Waals surface area contributed by atoms with Crippen molar-refractivity contribution in [2.45, 2.75) is 37.4 Å². The Balaban J connectivity index is 1.29. The highest BCUT2D eigenvalue weighted by Gasteiger charge is 2.31. The van der Waals surface area contributed by atoms with E-state index in [1.165, 1.54) is 23.9 Å². The molecule has 164 valence electrons. The number of nitrogens with zero attached hydrogens (tertiary/aromatic N) is 5. The van der Waals surface area contributed by atoms with Gasteiger partial charge in [0.25, 0.3) is 0 Å². The minimum atomic E-state index is -0.330. The fourth-order valence-corrected chi connectivity index (χ4v) is 4.18. The summed E-state index contributed by atoms with van der Waals surface area (Å²) in [5.41, 5.74) is 1.40. The average molecular weight is 453 g/mol. The molecule has 8 nitrogen and oxygen atoms in total. The first kappa shape index (κ1) is 20.5. The van der Waals surface area contributed by atoms with Gasteiger partial charge in [0, 0.05) is 12.0 Å². The number of furan rings is 1. The van der Waals surface area contributed by atoms with Gasteiger partial charge in [0.2, 0.25) is 5.91 Å². The molecule has 32 heavy (non-hydrogen) atoms. The second kappa shape index (κ2) is 8.62. The molecule has 1 aromatic carbocycles. The van der Waals surface area contributed by atoms with Gasteiger partial charge in [-0.25, -0.2) is 9.07 Å². The van der Waals surface area contributed by atoms with Gasteiger partial charge < -0.3 is 9.73 Å². The van der Waals surface area contributed by atoms with Crippen LogP contribution in [0.2, 0.25) is 0 Å². The van der Waals surface area contributed by atoms with Crippen molar-refractivity contribution < 1.29 is 13.6 Å². The number of rotatable bonds is 8. The first-order valence-corrected chi connectivity index (χ1v) is 11.3. The number of aromatic nitrogens is 5. The average Bonchev–Trinajstić information content (AvgIpc) is 3.16. The van der Waals surface area contributed by atoms with Crippen LogP contribution in [0.4, 0.5) is 10.2 Å². The van der Waals surface area contributed by atoms with Crippen molar-refractivity contribution in [2.24, 2.45) is 0 Å². The summed E-state index contributed by atoms with van der Waals surface area (Å²) in [5, 5.41) is 16.7. The first-order valence-electron chi connectivity index (χ1n) is 10.3. The van der Waals surface area contributed by atoms with Gasteiger partial charge in [-0.1, -0.05) is 11.8 Å². The van der Waals surface area contributed by atoms with Gasteiger partial charge >= 0.3 is 0 Å². The summed E-state index contributed by atoms with van der Waals surface area (Å²) in [6.07, 6.45) is 3.85. The van der Waals surface area contributed by atoms with Crippen molar-refractivity contribution >= 4 is 23.5 Å². The van der Waals surface area contributed by atoms with E-state index in [4.69, 9.17) is 4.42 Å². The Bertz CT molecular complexity index is 1230. The molecular formula is C22H21FN6O2S. The smallest absolute Gasteiger partial charge is 0.236 e. The number of hydrogen-bond acceptors (Lipinski definition) is 6. The lowest BCUT2D eigenvalue weighted by atomic mass is 10.3. The number of nitrogens with one attached hydrogen (secondary N) is 1. The summed E-state index contributed by atoms with van der Waals surface area (Å²) in [6.45, 7) is 2.37. The van der Waals surface area contributed by atoms with Crippen LogP contribution >= 0.6 is 11.8 Å². The zero-order valence-corrected chi connectivity index (χ0v) is 18.2. The third-order valence-electron chi connectivity index (χ3n) is 5.08. The summed E-state index contributed by atoms with van der Waals surface area (Å²) in [5.74, 6) is 2.34. The van der Waals surface area contributed by atoms with E-state index in [2.05, 4.69) is 20.6 Å². The van der Waals surface area contributed by atoms with Crippen LogP contribution < -0.4 is 5.32 Å². The Kier molecular flexibility index (Phi) is 5.52.